The first-order chi connectivity index (χ1) is 9.31. The molecule has 7 heteroatoms. The molecule has 0 unspecified atom stereocenters. The van der Waals surface area contributed by atoms with Crippen LogP contribution in [-0.2, 0) is 0 Å². The molecular weight excluding hydrogens is 265 g/mol. The first-order valence-electron chi connectivity index (χ1n) is 6.01. The Hall–Kier alpha value is -2.15. The van der Waals surface area contributed by atoms with Gasteiger partial charge in [0.1, 0.15) is 5.82 Å². The molecule has 1 aromatic rings. The molecule has 0 aliphatic carbocycles. The predicted molar refractivity (Wildman–Crippen MR) is 73.6 cm³/mol. The Bertz CT molecular complexity index is 506. The summed E-state index contributed by atoms with van der Waals surface area (Å²) in [5.74, 6) is -2.21. The van der Waals surface area contributed by atoms with Crippen LogP contribution in [0, 0.1) is 5.82 Å². The fourth-order valence-corrected chi connectivity index (χ4v) is 1.44. The highest BCUT2D eigenvalue weighted by molar-refractivity contribution is 5.93. The van der Waals surface area contributed by atoms with E-state index >= 15 is 0 Å². The Balaban J connectivity index is 2.71. The normalized spacial score (nSPS) is 10.4. The SMILES string of the molecule is CN(C)CCN(C)C(=O)Nc1ccc(F)c(C(=O)O)c1. The van der Waals surface area contributed by atoms with E-state index in [1.165, 1.54) is 11.0 Å². The molecule has 0 heterocycles. The van der Waals surface area contributed by atoms with Crippen molar-refractivity contribution in [3.05, 3.63) is 29.6 Å². The summed E-state index contributed by atoms with van der Waals surface area (Å²) in [6.07, 6.45) is 0. The van der Waals surface area contributed by atoms with Gasteiger partial charge in [-0.3, -0.25) is 0 Å². The number of anilines is 1. The minimum atomic E-state index is -1.38. The number of carboxylic acid groups (broad SMARTS) is 1. The van der Waals surface area contributed by atoms with E-state index in [4.69, 9.17) is 5.11 Å². The maximum Gasteiger partial charge on any atom is 0.338 e. The molecule has 0 aliphatic rings. The zero-order valence-electron chi connectivity index (χ0n) is 11.7. The summed E-state index contributed by atoms with van der Waals surface area (Å²) >= 11 is 0. The Morgan fingerprint density at radius 2 is 1.90 bits per heavy atom. The van der Waals surface area contributed by atoms with Crippen molar-refractivity contribution in [3.63, 3.8) is 0 Å². The van der Waals surface area contributed by atoms with Crippen molar-refractivity contribution in [2.45, 2.75) is 0 Å². The Labute approximate surface area is 116 Å². The first kappa shape index (κ1) is 15.9. The maximum atomic E-state index is 13.2. The van der Waals surface area contributed by atoms with Crippen LogP contribution in [0.1, 0.15) is 10.4 Å². The smallest absolute Gasteiger partial charge is 0.338 e. The summed E-state index contributed by atoms with van der Waals surface area (Å²) in [6, 6.07) is 3.04. The molecule has 0 aliphatic heterocycles. The van der Waals surface area contributed by atoms with Gasteiger partial charge in [-0.25, -0.2) is 14.0 Å². The summed E-state index contributed by atoms with van der Waals surface area (Å²) in [4.78, 5) is 26.0. The molecule has 2 N–H and O–H groups in total. The third kappa shape index (κ3) is 4.51. The molecule has 20 heavy (non-hydrogen) atoms. The van der Waals surface area contributed by atoms with Crippen molar-refractivity contribution < 1.29 is 19.1 Å². The van der Waals surface area contributed by atoms with E-state index in [0.717, 1.165) is 12.1 Å². The average molecular weight is 283 g/mol. The number of nitrogens with zero attached hydrogens (tertiary/aromatic N) is 2. The molecule has 0 radical (unpaired) electrons. The van der Waals surface area contributed by atoms with E-state index in [9.17, 15) is 14.0 Å². The third-order valence-electron chi connectivity index (χ3n) is 2.68. The van der Waals surface area contributed by atoms with Crippen molar-refractivity contribution in [2.24, 2.45) is 0 Å². The zero-order valence-corrected chi connectivity index (χ0v) is 11.7. The summed E-state index contributed by atoms with van der Waals surface area (Å²) in [6.45, 7) is 1.22. The largest absolute Gasteiger partial charge is 0.478 e. The van der Waals surface area contributed by atoms with Gasteiger partial charge in [-0.05, 0) is 32.3 Å². The average Bonchev–Trinajstić information content (AvgIpc) is 2.37. The Kier molecular flexibility index (Phi) is 5.45. The van der Waals surface area contributed by atoms with Crippen LogP contribution in [-0.4, -0.2) is 61.1 Å². The fourth-order valence-electron chi connectivity index (χ4n) is 1.44. The van der Waals surface area contributed by atoms with Crippen LogP contribution in [0.15, 0.2) is 18.2 Å². The standard InChI is InChI=1S/C13H18FN3O3/c1-16(2)6-7-17(3)13(20)15-9-4-5-11(14)10(8-9)12(18)19/h4-5,8H,6-7H2,1-3H3,(H,15,20)(H,18,19). The van der Waals surface area contributed by atoms with Crippen molar-refractivity contribution >= 4 is 17.7 Å². The summed E-state index contributed by atoms with van der Waals surface area (Å²) in [7, 11) is 5.41. The molecule has 0 spiro atoms. The van der Waals surface area contributed by atoms with Crippen molar-refractivity contribution in [3.8, 4) is 0 Å². The van der Waals surface area contributed by atoms with Gasteiger partial charge in [-0.1, -0.05) is 0 Å². The van der Waals surface area contributed by atoms with Crippen LogP contribution in [0.2, 0.25) is 0 Å². The molecule has 2 amide bonds. The van der Waals surface area contributed by atoms with E-state index < -0.39 is 17.3 Å². The lowest BCUT2D eigenvalue weighted by Crippen LogP contribution is -2.36. The summed E-state index contributed by atoms with van der Waals surface area (Å²) in [5, 5.41) is 11.3. The molecule has 1 aromatic carbocycles. The number of rotatable bonds is 5. The van der Waals surface area contributed by atoms with Gasteiger partial charge < -0.3 is 20.2 Å². The molecule has 0 saturated heterocycles. The molecule has 0 saturated carbocycles. The Morgan fingerprint density at radius 1 is 1.25 bits per heavy atom. The van der Waals surface area contributed by atoms with Crippen LogP contribution in [0.25, 0.3) is 0 Å². The van der Waals surface area contributed by atoms with Gasteiger partial charge in [-0.2, -0.15) is 0 Å². The highest BCUT2D eigenvalue weighted by Gasteiger charge is 2.13. The van der Waals surface area contributed by atoms with Crippen molar-refractivity contribution in [2.75, 3.05) is 39.5 Å². The number of urea groups is 1. The van der Waals surface area contributed by atoms with E-state index in [0.29, 0.717) is 13.1 Å². The molecule has 0 aromatic heterocycles. The highest BCUT2D eigenvalue weighted by Crippen LogP contribution is 2.15. The maximum absolute atomic E-state index is 13.2. The number of nitrogens with one attached hydrogen (secondary N) is 1. The third-order valence-corrected chi connectivity index (χ3v) is 2.68. The van der Waals surface area contributed by atoms with Crippen molar-refractivity contribution in [1.29, 1.82) is 0 Å². The van der Waals surface area contributed by atoms with E-state index in [1.54, 1.807) is 7.05 Å². The molecule has 0 atom stereocenters. The first-order valence-corrected chi connectivity index (χ1v) is 6.01. The number of halogens is 1. The lowest BCUT2D eigenvalue weighted by Gasteiger charge is -2.20. The van der Waals surface area contributed by atoms with Gasteiger partial charge in [0.25, 0.3) is 0 Å². The highest BCUT2D eigenvalue weighted by atomic mass is 19.1. The molecular formula is C13H18FN3O3. The zero-order chi connectivity index (χ0) is 15.3. The number of carbonyl (C=O) groups excluding carboxylic acids is 1. The van der Waals surface area contributed by atoms with E-state index in [1.807, 2.05) is 19.0 Å². The number of benzene rings is 1. The van der Waals surface area contributed by atoms with Gasteiger partial charge >= 0.3 is 12.0 Å². The minimum absolute atomic E-state index is 0.241. The van der Waals surface area contributed by atoms with Gasteiger partial charge in [0.05, 0.1) is 5.56 Å². The quantitative estimate of drug-likeness (QED) is 0.860. The van der Waals surface area contributed by atoms with Gasteiger partial charge in [-0.15, -0.1) is 0 Å². The topological polar surface area (TPSA) is 72.9 Å². The second kappa shape index (κ2) is 6.85. The number of likely N-dealkylation sites (N-methyl/N-ethyl adjacent to an activating group) is 2. The van der Waals surface area contributed by atoms with Crippen LogP contribution < -0.4 is 5.32 Å². The van der Waals surface area contributed by atoms with Gasteiger partial charge in [0.15, 0.2) is 0 Å². The van der Waals surface area contributed by atoms with Crippen LogP contribution in [0.4, 0.5) is 14.9 Å². The second-order valence-corrected chi connectivity index (χ2v) is 4.65. The number of carbonyl (C=O) groups is 2. The number of carboxylic acids is 1. The summed E-state index contributed by atoms with van der Waals surface area (Å²) < 4.78 is 13.2. The predicted octanol–water partition coefficient (Wildman–Crippen LogP) is 1.55. The number of amides is 2. The molecule has 0 fully saturated rings. The molecule has 1 rings (SSSR count). The molecule has 110 valence electrons. The number of hydrogen-bond acceptors (Lipinski definition) is 3. The number of aromatic carboxylic acids is 1. The van der Waals surface area contributed by atoms with E-state index in [-0.39, 0.29) is 11.7 Å². The monoisotopic (exact) mass is 283 g/mol. The Morgan fingerprint density at radius 3 is 2.45 bits per heavy atom. The fraction of sp³-hybridized carbons (Fsp3) is 0.385. The van der Waals surface area contributed by atoms with Gasteiger partial charge in [0.2, 0.25) is 0 Å². The van der Waals surface area contributed by atoms with Crippen LogP contribution in [0.3, 0.4) is 0 Å². The molecule has 0 bridgehead atoms. The van der Waals surface area contributed by atoms with Crippen LogP contribution >= 0.6 is 0 Å². The lowest BCUT2D eigenvalue weighted by atomic mass is 10.2. The second-order valence-electron chi connectivity index (χ2n) is 4.65. The molecule has 6 nitrogen and oxygen atoms in total. The summed E-state index contributed by atoms with van der Waals surface area (Å²) in [5.41, 5.74) is -0.232. The van der Waals surface area contributed by atoms with Crippen LogP contribution in [0.5, 0.6) is 0 Å². The van der Waals surface area contributed by atoms with Gasteiger partial charge in [0, 0.05) is 25.8 Å². The van der Waals surface area contributed by atoms with E-state index in [2.05, 4.69) is 5.32 Å². The lowest BCUT2D eigenvalue weighted by molar-refractivity contribution is 0.0692. The number of hydrogen-bond donors (Lipinski definition) is 2. The minimum Gasteiger partial charge on any atom is -0.478 e. The van der Waals surface area contributed by atoms with Crippen molar-refractivity contribution in [1.82, 2.24) is 9.80 Å².